The largest absolute Gasteiger partial charge is 0.496 e. The number of nitrogens with one attached hydrogen (secondary N) is 2. The van der Waals surface area contributed by atoms with Gasteiger partial charge in [-0.15, -0.1) is 0 Å². The molecule has 2 N–H and O–H groups in total. The summed E-state index contributed by atoms with van der Waals surface area (Å²) in [7, 11) is 5.76. The highest BCUT2D eigenvalue weighted by Crippen LogP contribution is 2.31. The summed E-state index contributed by atoms with van der Waals surface area (Å²) in [6, 6.07) is 6.94. The fraction of sp³-hybridized carbons (Fsp3) is 0.625. The number of methoxy groups -OCH3 is 1. The maximum Gasteiger partial charge on any atom is 0.123 e. The molecule has 0 saturated heterocycles. The molecule has 0 radical (unpaired) electrons. The monoisotopic (exact) mass is 264 g/mol. The van der Waals surface area contributed by atoms with Crippen molar-refractivity contribution in [3.63, 3.8) is 0 Å². The zero-order valence-corrected chi connectivity index (χ0v) is 12.9. The van der Waals surface area contributed by atoms with Crippen molar-refractivity contribution in [3.8, 4) is 5.75 Å². The van der Waals surface area contributed by atoms with Gasteiger partial charge in [-0.2, -0.15) is 0 Å². The van der Waals surface area contributed by atoms with Gasteiger partial charge in [-0.05, 0) is 51.0 Å². The maximum absolute atomic E-state index is 5.57. The molecule has 0 aromatic heterocycles. The molecule has 0 aliphatic carbocycles. The minimum absolute atomic E-state index is 0.351. The molecule has 1 atom stereocenters. The van der Waals surface area contributed by atoms with Crippen LogP contribution in [0.1, 0.15) is 49.8 Å². The van der Waals surface area contributed by atoms with Crippen molar-refractivity contribution in [2.45, 2.75) is 38.6 Å². The van der Waals surface area contributed by atoms with E-state index in [0.717, 1.165) is 25.1 Å². The molecule has 0 aliphatic rings. The van der Waals surface area contributed by atoms with Gasteiger partial charge in [0.1, 0.15) is 5.75 Å². The molecule has 0 bridgehead atoms. The molecule has 0 amide bonds. The van der Waals surface area contributed by atoms with Crippen LogP contribution in [0.3, 0.4) is 0 Å². The minimum Gasteiger partial charge on any atom is -0.496 e. The van der Waals surface area contributed by atoms with Gasteiger partial charge in [0.05, 0.1) is 7.11 Å². The number of ether oxygens (including phenoxy) is 1. The summed E-state index contributed by atoms with van der Waals surface area (Å²) in [6.07, 6.45) is 2.26. The Kier molecular flexibility index (Phi) is 6.89. The Labute approximate surface area is 117 Å². The lowest BCUT2D eigenvalue weighted by atomic mass is 9.96. The molecule has 108 valence electrons. The van der Waals surface area contributed by atoms with Gasteiger partial charge in [-0.25, -0.2) is 0 Å². The third-order valence-electron chi connectivity index (χ3n) is 3.57. The van der Waals surface area contributed by atoms with Crippen LogP contribution >= 0.6 is 0 Å². The van der Waals surface area contributed by atoms with E-state index in [2.05, 4.69) is 42.7 Å². The number of benzene rings is 1. The van der Waals surface area contributed by atoms with E-state index in [1.165, 1.54) is 11.1 Å². The zero-order chi connectivity index (χ0) is 14.3. The molecule has 0 spiro atoms. The highest BCUT2D eigenvalue weighted by atomic mass is 16.5. The fourth-order valence-electron chi connectivity index (χ4n) is 2.31. The van der Waals surface area contributed by atoms with Crippen LogP contribution < -0.4 is 15.4 Å². The van der Waals surface area contributed by atoms with Crippen LogP contribution in [0, 0.1) is 0 Å². The van der Waals surface area contributed by atoms with Crippen LogP contribution in [0.15, 0.2) is 18.2 Å². The van der Waals surface area contributed by atoms with Crippen molar-refractivity contribution in [2.24, 2.45) is 0 Å². The fourth-order valence-corrected chi connectivity index (χ4v) is 2.31. The molecule has 0 fully saturated rings. The number of hydrogen-bond acceptors (Lipinski definition) is 3. The van der Waals surface area contributed by atoms with Crippen molar-refractivity contribution in [2.75, 3.05) is 27.7 Å². The third-order valence-corrected chi connectivity index (χ3v) is 3.57. The predicted molar refractivity (Wildman–Crippen MR) is 82.0 cm³/mol. The van der Waals surface area contributed by atoms with E-state index in [1.54, 1.807) is 7.11 Å². The van der Waals surface area contributed by atoms with Gasteiger partial charge < -0.3 is 15.4 Å². The van der Waals surface area contributed by atoms with Gasteiger partial charge in [0.15, 0.2) is 0 Å². The summed E-state index contributed by atoms with van der Waals surface area (Å²) >= 11 is 0. The average molecular weight is 264 g/mol. The highest BCUT2D eigenvalue weighted by Gasteiger charge is 2.15. The van der Waals surface area contributed by atoms with Crippen molar-refractivity contribution in [1.29, 1.82) is 0 Å². The van der Waals surface area contributed by atoms with Crippen LogP contribution in [-0.4, -0.2) is 27.7 Å². The van der Waals surface area contributed by atoms with Crippen LogP contribution in [0.2, 0.25) is 0 Å². The summed E-state index contributed by atoms with van der Waals surface area (Å²) in [4.78, 5) is 0. The SMILES string of the molecule is CNCCCC(NC)c1ccc(C(C)C)cc1OC. The molecule has 1 aromatic rings. The summed E-state index contributed by atoms with van der Waals surface area (Å²) < 4.78 is 5.57. The van der Waals surface area contributed by atoms with Crippen LogP contribution in [0.4, 0.5) is 0 Å². The van der Waals surface area contributed by atoms with Gasteiger partial charge in [0.2, 0.25) is 0 Å². The Morgan fingerprint density at radius 1 is 1.21 bits per heavy atom. The molecule has 1 unspecified atom stereocenters. The zero-order valence-electron chi connectivity index (χ0n) is 12.9. The van der Waals surface area contributed by atoms with Gasteiger partial charge in [-0.1, -0.05) is 26.0 Å². The second kappa shape index (κ2) is 8.18. The molecular weight excluding hydrogens is 236 g/mol. The van der Waals surface area contributed by atoms with Gasteiger partial charge >= 0.3 is 0 Å². The topological polar surface area (TPSA) is 33.3 Å². The summed E-state index contributed by atoms with van der Waals surface area (Å²) in [6.45, 7) is 5.46. The molecule has 1 aromatic carbocycles. The van der Waals surface area contributed by atoms with Crippen molar-refractivity contribution < 1.29 is 4.74 Å². The molecule has 3 nitrogen and oxygen atoms in total. The lowest BCUT2D eigenvalue weighted by Gasteiger charge is -2.20. The lowest BCUT2D eigenvalue weighted by Crippen LogP contribution is -2.19. The van der Waals surface area contributed by atoms with Gasteiger partial charge in [0.25, 0.3) is 0 Å². The Bertz CT molecular complexity index is 377. The highest BCUT2D eigenvalue weighted by molar-refractivity contribution is 5.40. The minimum atomic E-state index is 0.351. The standard InChI is InChI=1S/C16H28N2O/c1-12(2)13-8-9-14(16(11-13)19-5)15(18-4)7-6-10-17-3/h8-9,11-12,15,17-18H,6-7,10H2,1-5H3. The molecule has 1 rings (SSSR count). The van der Waals surface area contributed by atoms with Crippen LogP contribution in [0.25, 0.3) is 0 Å². The van der Waals surface area contributed by atoms with E-state index < -0.39 is 0 Å². The van der Waals surface area contributed by atoms with E-state index in [4.69, 9.17) is 4.74 Å². The maximum atomic E-state index is 5.57. The third kappa shape index (κ3) is 4.51. The Morgan fingerprint density at radius 2 is 1.95 bits per heavy atom. The lowest BCUT2D eigenvalue weighted by molar-refractivity contribution is 0.396. The first-order chi connectivity index (χ1) is 9.13. The van der Waals surface area contributed by atoms with E-state index in [1.807, 2.05) is 14.1 Å². The molecule has 19 heavy (non-hydrogen) atoms. The van der Waals surface area contributed by atoms with E-state index >= 15 is 0 Å². The van der Waals surface area contributed by atoms with Crippen molar-refractivity contribution >= 4 is 0 Å². The predicted octanol–water partition coefficient (Wildman–Crippen LogP) is 3.08. The van der Waals surface area contributed by atoms with Gasteiger partial charge in [0, 0.05) is 11.6 Å². The first kappa shape index (κ1) is 16.0. The molecule has 0 saturated carbocycles. The van der Waals surface area contributed by atoms with E-state index in [9.17, 15) is 0 Å². The number of rotatable bonds is 8. The molecule has 3 heteroatoms. The van der Waals surface area contributed by atoms with Crippen LogP contribution in [-0.2, 0) is 0 Å². The summed E-state index contributed by atoms with van der Waals surface area (Å²) in [5, 5.41) is 6.59. The summed E-state index contributed by atoms with van der Waals surface area (Å²) in [5.41, 5.74) is 2.58. The second-order valence-electron chi connectivity index (χ2n) is 5.24. The van der Waals surface area contributed by atoms with Crippen LogP contribution in [0.5, 0.6) is 5.75 Å². The first-order valence-electron chi connectivity index (χ1n) is 7.13. The van der Waals surface area contributed by atoms with Crippen molar-refractivity contribution in [1.82, 2.24) is 10.6 Å². The summed E-state index contributed by atoms with van der Waals surface area (Å²) in [5.74, 6) is 1.52. The second-order valence-corrected chi connectivity index (χ2v) is 5.24. The molecule has 0 heterocycles. The quantitative estimate of drug-likeness (QED) is 0.708. The van der Waals surface area contributed by atoms with E-state index in [-0.39, 0.29) is 0 Å². The smallest absolute Gasteiger partial charge is 0.123 e. The normalized spacial score (nSPS) is 12.7. The van der Waals surface area contributed by atoms with Gasteiger partial charge in [-0.3, -0.25) is 0 Å². The van der Waals surface area contributed by atoms with E-state index in [0.29, 0.717) is 12.0 Å². The number of hydrogen-bond donors (Lipinski definition) is 2. The Hall–Kier alpha value is -1.06. The van der Waals surface area contributed by atoms with Crippen molar-refractivity contribution in [3.05, 3.63) is 29.3 Å². The molecule has 0 aliphatic heterocycles. The Morgan fingerprint density at radius 3 is 2.47 bits per heavy atom. The molecular formula is C16H28N2O. The Balaban J connectivity index is 2.89. The average Bonchev–Trinajstić information content (AvgIpc) is 2.43. The first-order valence-corrected chi connectivity index (χ1v) is 7.13.